The SMILES string of the molecule is CC(C)n1ncc(S(=O)(=O)Cl)n1.CC(C)n1ncc(S(N)(=O)=O)n1. The number of halogens is 1. The lowest BCUT2D eigenvalue weighted by atomic mass is 10.4. The number of rotatable bonds is 4. The van der Waals surface area contributed by atoms with Crippen LogP contribution in [0.15, 0.2) is 22.4 Å². The van der Waals surface area contributed by atoms with E-state index in [2.05, 4.69) is 20.4 Å². The zero-order valence-corrected chi connectivity index (χ0v) is 15.8. The van der Waals surface area contributed by atoms with Gasteiger partial charge in [0.25, 0.3) is 19.1 Å². The number of primary sulfonamides is 1. The summed E-state index contributed by atoms with van der Waals surface area (Å²) in [6.45, 7) is 7.36. The molecule has 14 heteroatoms. The van der Waals surface area contributed by atoms with Crippen molar-refractivity contribution in [1.82, 2.24) is 30.0 Å². The van der Waals surface area contributed by atoms with E-state index in [0.717, 1.165) is 12.4 Å². The Morgan fingerprint density at radius 1 is 0.917 bits per heavy atom. The van der Waals surface area contributed by atoms with Gasteiger partial charge >= 0.3 is 0 Å². The highest BCUT2D eigenvalue weighted by Crippen LogP contribution is 2.11. The molecule has 0 saturated heterocycles. The van der Waals surface area contributed by atoms with Crippen molar-refractivity contribution >= 4 is 29.8 Å². The fraction of sp³-hybridized carbons (Fsp3) is 0.600. The molecule has 0 aromatic carbocycles. The second-order valence-electron chi connectivity index (χ2n) is 5.18. The maximum absolute atomic E-state index is 10.7. The number of nitrogens with two attached hydrogens (primary N) is 1. The number of hydrogen-bond acceptors (Lipinski definition) is 8. The highest BCUT2D eigenvalue weighted by atomic mass is 35.7. The van der Waals surface area contributed by atoms with Gasteiger partial charge in [-0.1, -0.05) is 0 Å². The molecular weight excluding hydrogens is 382 g/mol. The van der Waals surface area contributed by atoms with Gasteiger partial charge < -0.3 is 0 Å². The van der Waals surface area contributed by atoms with Gasteiger partial charge in [0.1, 0.15) is 0 Å². The Labute approximate surface area is 144 Å². The second-order valence-corrected chi connectivity index (χ2v) is 9.20. The first-order valence-corrected chi connectivity index (χ1v) is 10.5. The molecule has 24 heavy (non-hydrogen) atoms. The van der Waals surface area contributed by atoms with Gasteiger partial charge in [-0.3, -0.25) is 0 Å². The van der Waals surface area contributed by atoms with Crippen molar-refractivity contribution in [3.63, 3.8) is 0 Å². The fourth-order valence-corrected chi connectivity index (χ4v) is 2.22. The molecule has 0 unspecified atom stereocenters. The molecule has 0 spiro atoms. The van der Waals surface area contributed by atoms with Crippen LogP contribution in [0.25, 0.3) is 0 Å². The van der Waals surface area contributed by atoms with Crippen LogP contribution in [0.3, 0.4) is 0 Å². The molecule has 2 N–H and O–H groups in total. The van der Waals surface area contributed by atoms with Crippen molar-refractivity contribution in [2.24, 2.45) is 5.14 Å². The molecule has 0 aliphatic rings. The maximum Gasteiger partial charge on any atom is 0.282 e. The molecular formula is C10H18ClN7O4S2. The van der Waals surface area contributed by atoms with E-state index < -0.39 is 19.1 Å². The Bertz CT molecular complexity index is 812. The molecule has 0 radical (unpaired) electrons. The zero-order valence-electron chi connectivity index (χ0n) is 13.4. The lowest BCUT2D eigenvalue weighted by Gasteiger charge is -2.00. The Balaban J connectivity index is 0.000000240. The zero-order chi connectivity index (χ0) is 18.7. The van der Waals surface area contributed by atoms with E-state index in [9.17, 15) is 16.8 Å². The Morgan fingerprint density at radius 3 is 1.50 bits per heavy atom. The summed E-state index contributed by atoms with van der Waals surface area (Å²) in [7, 11) is -2.41. The van der Waals surface area contributed by atoms with Crippen LogP contribution < -0.4 is 5.14 Å². The van der Waals surface area contributed by atoms with Gasteiger partial charge in [0.05, 0.1) is 24.5 Å². The van der Waals surface area contributed by atoms with E-state index in [1.54, 1.807) is 0 Å². The summed E-state index contributed by atoms with van der Waals surface area (Å²) in [6.07, 6.45) is 2.26. The summed E-state index contributed by atoms with van der Waals surface area (Å²) < 4.78 is 42.9. The monoisotopic (exact) mass is 399 g/mol. The molecule has 0 saturated carbocycles. The molecule has 2 aromatic heterocycles. The first-order chi connectivity index (χ1) is 10.8. The summed E-state index contributed by atoms with van der Waals surface area (Å²) in [5, 5.41) is 19.2. The van der Waals surface area contributed by atoms with Gasteiger partial charge in [-0.2, -0.15) is 19.8 Å². The second kappa shape index (κ2) is 7.55. The third kappa shape index (κ3) is 5.81. The van der Waals surface area contributed by atoms with Gasteiger partial charge in [-0.05, 0) is 27.7 Å². The van der Waals surface area contributed by atoms with Gasteiger partial charge in [0.2, 0.25) is 10.1 Å². The van der Waals surface area contributed by atoms with Crippen molar-refractivity contribution in [3.8, 4) is 0 Å². The normalized spacial score (nSPS) is 12.3. The average Bonchev–Trinajstić information content (AvgIpc) is 3.08. The number of sulfonamides is 1. The first kappa shape index (κ1) is 20.5. The summed E-state index contributed by atoms with van der Waals surface area (Å²) in [4.78, 5) is 2.58. The lowest BCUT2D eigenvalue weighted by Crippen LogP contribution is -2.14. The van der Waals surface area contributed by atoms with Crippen LogP contribution >= 0.6 is 10.7 Å². The largest absolute Gasteiger partial charge is 0.282 e. The first-order valence-electron chi connectivity index (χ1n) is 6.63. The standard InChI is InChI=1S/C5H8ClN3O2S.C5H10N4O2S/c2*1-4(2)9-7-3-5(8-9)12(6,10)11/h3-4H,1-2H3;3-4H,1-2H3,(H2,6,10,11). The van der Waals surface area contributed by atoms with E-state index in [1.807, 2.05) is 27.7 Å². The number of hydrogen-bond donors (Lipinski definition) is 1. The molecule has 2 rings (SSSR count). The van der Waals surface area contributed by atoms with E-state index in [1.165, 1.54) is 9.59 Å². The van der Waals surface area contributed by atoms with E-state index in [0.29, 0.717) is 0 Å². The van der Waals surface area contributed by atoms with Gasteiger partial charge in [0, 0.05) is 10.7 Å². The average molecular weight is 400 g/mol. The van der Waals surface area contributed by atoms with Crippen LogP contribution in [0.5, 0.6) is 0 Å². The predicted molar refractivity (Wildman–Crippen MR) is 85.2 cm³/mol. The van der Waals surface area contributed by atoms with E-state index in [-0.39, 0.29) is 22.1 Å². The highest BCUT2D eigenvalue weighted by Gasteiger charge is 2.15. The minimum Gasteiger partial charge on any atom is -0.223 e. The van der Waals surface area contributed by atoms with Crippen LogP contribution in [0.2, 0.25) is 0 Å². The van der Waals surface area contributed by atoms with Crippen LogP contribution in [0, 0.1) is 0 Å². The van der Waals surface area contributed by atoms with E-state index >= 15 is 0 Å². The van der Waals surface area contributed by atoms with Gasteiger partial charge in [-0.15, -0.1) is 10.2 Å². The van der Waals surface area contributed by atoms with Crippen LogP contribution in [0.1, 0.15) is 39.8 Å². The summed E-state index contributed by atoms with van der Waals surface area (Å²) in [5.74, 6) is 0. The molecule has 136 valence electrons. The quantitative estimate of drug-likeness (QED) is 0.719. The minimum absolute atomic E-state index is 0.0252. The molecule has 2 aromatic rings. The van der Waals surface area contributed by atoms with Crippen LogP contribution in [-0.4, -0.2) is 46.8 Å². The minimum atomic E-state index is -3.74. The lowest BCUT2D eigenvalue weighted by molar-refractivity contribution is 0.458. The number of aromatic nitrogens is 6. The van der Waals surface area contributed by atoms with Crippen molar-refractivity contribution in [2.75, 3.05) is 0 Å². The smallest absolute Gasteiger partial charge is 0.223 e. The molecule has 0 amide bonds. The van der Waals surface area contributed by atoms with Crippen LogP contribution in [0.4, 0.5) is 0 Å². The molecule has 0 bridgehead atoms. The van der Waals surface area contributed by atoms with Gasteiger partial charge in [0.15, 0.2) is 0 Å². The third-order valence-corrected chi connectivity index (χ3v) is 4.37. The molecule has 0 aliphatic heterocycles. The summed E-state index contributed by atoms with van der Waals surface area (Å²) in [5.41, 5.74) is 0. The fourth-order valence-electron chi connectivity index (χ4n) is 1.26. The molecule has 11 nitrogen and oxygen atoms in total. The van der Waals surface area contributed by atoms with Crippen molar-refractivity contribution in [1.29, 1.82) is 0 Å². The Morgan fingerprint density at radius 2 is 1.29 bits per heavy atom. The van der Waals surface area contributed by atoms with Crippen molar-refractivity contribution in [3.05, 3.63) is 12.4 Å². The Hall–Kier alpha value is -1.57. The Kier molecular flexibility index (Phi) is 6.44. The third-order valence-electron chi connectivity index (χ3n) is 2.44. The van der Waals surface area contributed by atoms with Crippen molar-refractivity contribution in [2.45, 2.75) is 49.8 Å². The summed E-state index contributed by atoms with van der Waals surface area (Å²) in [6, 6.07) is 0.0534. The number of nitrogens with zero attached hydrogens (tertiary/aromatic N) is 6. The van der Waals surface area contributed by atoms with Crippen LogP contribution in [-0.2, 0) is 19.1 Å². The molecule has 0 aliphatic carbocycles. The topological polar surface area (TPSA) is 156 Å². The van der Waals surface area contributed by atoms with E-state index in [4.69, 9.17) is 15.8 Å². The predicted octanol–water partition coefficient (Wildman–Crippen LogP) is 0.293. The van der Waals surface area contributed by atoms with Crippen molar-refractivity contribution < 1.29 is 16.8 Å². The maximum atomic E-state index is 10.7. The molecule has 0 atom stereocenters. The summed E-state index contributed by atoms with van der Waals surface area (Å²) >= 11 is 0. The molecule has 2 heterocycles. The van der Waals surface area contributed by atoms with Gasteiger partial charge in [-0.25, -0.2) is 22.0 Å². The highest BCUT2D eigenvalue weighted by molar-refractivity contribution is 8.13. The molecule has 0 fully saturated rings.